The molecule has 1 heterocycles. The lowest BCUT2D eigenvalue weighted by Gasteiger charge is -2.40. The van der Waals surface area contributed by atoms with Crippen LogP contribution >= 0.6 is 27.5 Å². The lowest BCUT2D eigenvalue weighted by molar-refractivity contribution is -0.120. The smallest absolute Gasteiger partial charge is 0.217 e. The van der Waals surface area contributed by atoms with E-state index < -0.39 is 23.8 Å². The van der Waals surface area contributed by atoms with Gasteiger partial charge in [0.25, 0.3) is 0 Å². The van der Waals surface area contributed by atoms with Crippen LogP contribution in [0.15, 0.2) is 47.2 Å². The lowest BCUT2D eigenvalue weighted by atomic mass is 9.76. The Balaban J connectivity index is 1.54. The van der Waals surface area contributed by atoms with Crippen molar-refractivity contribution in [2.45, 2.75) is 63.1 Å². The first-order valence-corrected chi connectivity index (χ1v) is 13.6. The molecule has 192 valence electrons. The molecule has 6 nitrogen and oxygen atoms in total. The third-order valence-corrected chi connectivity index (χ3v) is 8.00. The van der Waals surface area contributed by atoms with Crippen LogP contribution in [0.4, 0.5) is 8.78 Å². The van der Waals surface area contributed by atoms with Crippen LogP contribution in [0.2, 0.25) is 0 Å². The van der Waals surface area contributed by atoms with Crippen molar-refractivity contribution in [2.75, 3.05) is 6.54 Å². The average Bonchev–Trinajstić information content (AvgIpc) is 3.28. The lowest BCUT2D eigenvalue weighted by Crippen LogP contribution is -2.53. The fraction of sp³-hybridized carbons (Fsp3) is 0.423. The minimum absolute atomic E-state index is 0.103. The molecule has 2 aromatic carbocycles. The molecule has 36 heavy (non-hydrogen) atoms. The highest BCUT2D eigenvalue weighted by Crippen LogP contribution is 2.39. The molecule has 1 fully saturated rings. The van der Waals surface area contributed by atoms with E-state index in [1.807, 2.05) is 12.1 Å². The van der Waals surface area contributed by atoms with Crippen LogP contribution in [0.1, 0.15) is 50.2 Å². The van der Waals surface area contributed by atoms with Gasteiger partial charge in [0.05, 0.1) is 12.1 Å². The highest BCUT2D eigenvalue weighted by Gasteiger charge is 2.35. The molecule has 3 aromatic rings. The number of hydrogen-bond donors (Lipinski definition) is 3. The fourth-order valence-corrected chi connectivity index (χ4v) is 6.04. The summed E-state index contributed by atoms with van der Waals surface area (Å²) in [5, 5.41) is 18.3. The van der Waals surface area contributed by atoms with Crippen LogP contribution in [0, 0.1) is 11.6 Å². The summed E-state index contributed by atoms with van der Waals surface area (Å²) in [5.41, 5.74) is 2.12. The van der Waals surface area contributed by atoms with Crippen LogP contribution < -0.4 is 10.6 Å². The Labute approximate surface area is 221 Å². The third-order valence-electron chi connectivity index (χ3n) is 6.65. The Hall–Kier alpha value is -2.27. The number of aromatic nitrogens is 2. The summed E-state index contributed by atoms with van der Waals surface area (Å²) >= 11 is 4.64. The van der Waals surface area contributed by atoms with Crippen LogP contribution in [0.25, 0.3) is 10.6 Å². The summed E-state index contributed by atoms with van der Waals surface area (Å²) in [4.78, 5) is 16.3. The molecule has 0 spiro atoms. The van der Waals surface area contributed by atoms with Gasteiger partial charge in [0.2, 0.25) is 10.6 Å². The third kappa shape index (κ3) is 6.73. The largest absolute Gasteiger partial charge is 0.390 e. The quantitative estimate of drug-likeness (QED) is 0.329. The monoisotopic (exact) mass is 578 g/mol. The summed E-state index contributed by atoms with van der Waals surface area (Å²) in [7, 11) is 0. The van der Waals surface area contributed by atoms with Gasteiger partial charge in [-0.25, -0.2) is 13.8 Å². The van der Waals surface area contributed by atoms with Gasteiger partial charge >= 0.3 is 0 Å². The number of rotatable bonds is 9. The van der Waals surface area contributed by atoms with Gasteiger partial charge in [0.15, 0.2) is 0 Å². The molecule has 10 heteroatoms. The van der Waals surface area contributed by atoms with Crippen LogP contribution in [0.3, 0.4) is 0 Å². The van der Waals surface area contributed by atoms with E-state index >= 15 is 0 Å². The van der Waals surface area contributed by atoms with Crippen molar-refractivity contribution in [1.29, 1.82) is 0 Å². The van der Waals surface area contributed by atoms with Crippen molar-refractivity contribution < 1.29 is 18.7 Å². The van der Waals surface area contributed by atoms with Crippen molar-refractivity contribution in [2.24, 2.45) is 0 Å². The first-order chi connectivity index (χ1) is 17.2. The maximum absolute atomic E-state index is 13.7. The van der Waals surface area contributed by atoms with Gasteiger partial charge in [0.1, 0.15) is 16.6 Å². The minimum Gasteiger partial charge on any atom is -0.390 e. The number of halogens is 3. The molecular weight excluding hydrogens is 550 g/mol. The van der Waals surface area contributed by atoms with Crippen LogP contribution in [0.5, 0.6) is 0 Å². The molecule has 0 aliphatic heterocycles. The van der Waals surface area contributed by atoms with Gasteiger partial charge in [-0.05, 0) is 76.1 Å². The van der Waals surface area contributed by atoms with Gasteiger partial charge in [-0.3, -0.25) is 4.79 Å². The zero-order chi connectivity index (χ0) is 25.7. The maximum atomic E-state index is 13.7. The number of nitrogens with one attached hydrogen (secondary N) is 2. The first kappa shape index (κ1) is 26.8. The number of carbonyl (C=O) groups excluding carboxylic acids is 1. The van der Waals surface area contributed by atoms with Crippen molar-refractivity contribution in [1.82, 2.24) is 20.0 Å². The molecule has 0 radical (unpaired) electrons. The number of aliphatic hydroxyl groups excluding tert-OH is 1. The van der Waals surface area contributed by atoms with E-state index in [0.717, 1.165) is 54.3 Å². The summed E-state index contributed by atoms with van der Waals surface area (Å²) in [5.74, 6) is -1.70. The molecule has 0 bridgehead atoms. The summed E-state index contributed by atoms with van der Waals surface area (Å²) in [6.07, 6.45) is 4.19. The highest BCUT2D eigenvalue weighted by molar-refractivity contribution is 9.10. The Morgan fingerprint density at radius 2 is 1.89 bits per heavy atom. The summed E-state index contributed by atoms with van der Waals surface area (Å²) in [6.45, 7) is 1.57. The van der Waals surface area contributed by atoms with Gasteiger partial charge in [-0.1, -0.05) is 37.5 Å². The summed E-state index contributed by atoms with van der Waals surface area (Å²) < 4.78 is 32.2. The molecule has 2 unspecified atom stereocenters. The molecule has 2 atom stereocenters. The number of amides is 1. The standard InChI is InChI=1S/C26H29BrF2N4O2S/c1-16(34)31-22(12-17-10-20(28)14-21(29)11-17)23(35)15-30-26(8-3-2-4-9-26)19-7-5-6-18(13-19)24-32-25(27)33-36-24/h5-7,10-11,13-14,22-23,30,35H,2-4,8-9,12,15H2,1H3,(H,31,34). The van der Waals surface area contributed by atoms with Crippen LogP contribution in [-0.2, 0) is 16.8 Å². The first-order valence-electron chi connectivity index (χ1n) is 12.0. The van der Waals surface area contributed by atoms with Gasteiger partial charge in [-0.2, -0.15) is 4.37 Å². The highest BCUT2D eigenvalue weighted by atomic mass is 79.9. The van der Waals surface area contributed by atoms with E-state index in [-0.39, 0.29) is 24.4 Å². The van der Waals surface area contributed by atoms with Gasteiger partial charge in [0, 0.05) is 30.6 Å². The van der Waals surface area contributed by atoms with Crippen molar-refractivity contribution in [3.63, 3.8) is 0 Å². The number of nitrogens with zero attached hydrogens (tertiary/aromatic N) is 2. The van der Waals surface area contributed by atoms with Crippen LogP contribution in [-0.4, -0.2) is 39.1 Å². The maximum Gasteiger partial charge on any atom is 0.217 e. The van der Waals surface area contributed by atoms with Crippen molar-refractivity contribution in [3.8, 4) is 10.6 Å². The number of carbonyl (C=O) groups is 1. The molecule has 1 aliphatic rings. The van der Waals surface area contributed by atoms with Crippen molar-refractivity contribution in [3.05, 3.63) is 70.0 Å². The second kappa shape index (κ2) is 11.9. The molecule has 1 amide bonds. The molecule has 0 saturated heterocycles. The molecule has 1 aliphatic carbocycles. The van der Waals surface area contributed by atoms with Gasteiger partial charge in [-0.15, -0.1) is 0 Å². The molecule has 1 saturated carbocycles. The number of benzene rings is 2. The van der Waals surface area contributed by atoms with E-state index in [0.29, 0.717) is 10.3 Å². The zero-order valence-corrected chi connectivity index (χ0v) is 22.3. The SMILES string of the molecule is CC(=O)NC(Cc1cc(F)cc(F)c1)C(O)CNC1(c2cccc(-c3nc(Br)ns3)c2)CCCCC1. The second-order valence-electron chi connectivity index (χ2n) is 9.33. The van der Waals surface area contributed by atoms with E-state index in [4.69, 9.17) is 0 Å². The average molecular weight is 580 g/mol. The zero-order valence-electron chi connectivity index (χ0n) is 19.9. The Morgan fingerprint density at radius 1 is 1.17 bits per heavy atom. The Morgan fingerprint density at radius 3 is 2.53 bits per heavy atom. The predicted molar refractivity (Wildman–Crippen MR) is 139 cm³/mol. The normalized spacial score (nSPS) is 16.9. The molecule has 3 N–H and O–H groups in total. The van der Waals surface area contributed by atoms with E-state index in [1.54, 1.807) is 0 Å². The van der Waals surface area contributed by atoms with E-state index in [1.165, 1.54) is 30.6 Å². The Bertz CT molecular complexity index is 1180. The fourth-order valence-electron chi connectivity index (χ4n) is 4.96. The van der Waals surface area contributed by atoms with Gasteiger partial charge < -0.3 is 15.7 Å². The summed E-state index contributed by atoms with van der Waals surface area (Å²) in [6, 6.07) is 10.8. The Kier molecular flexibility index (Phi) is 8.82. The minimum atomic E-state index is -0.971. The number of aliphatic hydroxyl groups is 1. The predicted octanol–water partition coefficient (Wildman–Crippen LogP) is 5.10. The molecule has 4 rings (SSSR count). The molecular formula is C26H29BrF2N4O2S. The number of hydrogen-bond acceptors (Lipinski definition) is 6. The van der Waals surface area contributed by atoms with E-state index in [2.05, 4.69) is 48.1 Å². The van der Waals surface area contributed by atoms with Crippen molar-refractivity contribution >= 4 is 33.4 Å². The molecule has 1 aromatic heterocycles. The second-order valence-corrected chi connectivity index (χ2v) is 10.8. The van der Waals surface area contributed by atoms with E-state index in [9.17, 15) is 18.7 Å². The topological polar surface area (TPSA) is 87.1 Å².